The van der Waals surface area contributed by atoms with Crippen LogP contribution in [0.4, 0.5) is 10.5 Å². The Morgan fingerprint density at radius 3 is 2.74 bits per heavy atom. The zero-order valence-electron chi connectivity index (χ0n) is 11.7. The molecule has 1 heterocycles. The average molecular weight is 261 g/mol. The summed E-state index contributed by atoms with van der Waals surface area (Å²) in [6.45, 7) is 4.90. The highest BCUT2D eigenvalue weighted by atomic mass is 16.2. The summed E-state index contributed by atoms with van der Waals surface area (Å²) < 4.78 is 0. The fourth-order valence-electron chi connectivity index (χ4n) is 2.43. The third kappa shape index (κ3) is 4.56. The van der Waals surface area contributed by atoms with E-state index < -0.39 is 0 Å². The van der Waals surface area contributed by atoms with Crippen LogP contribution in [0.3, 0.4) is 0 Å². The van der Waals surface area contributed by atoms with E-state index in [1.54, 1.807) is 0 Å². The number of carbonyl (C=O) groups excluding carboxylic acids is 1. The highest BCUT2D eigenvalue weighted by Gasteiger charge is 2.17. The van der Waals surface area contributed by atoms with Crippen molar-refractivity contribution in [2.24, 2.45) is 0 Å². The Balaban J connectivity index is 1.73. The second-order valence-corrected chi connectivity index (χ2v) is 5.40. The molecule has 0 spiro atoms. The second kappa shape index (κ2) is 6.57. The van der Waals surface area contributed by atoms with Gasteiger partial charge in [-0.3, -0.25) is 0 Å². The summed E-state index contributed by atoms with van der Waals surface area (Å²) in [6.07, 6.45) is 3.60. The predicted octanol–water partition coefficient (Wildman–Crippen LogP) is 2.65. The molecule has 2 unspecified atom stereocenters. The molecule has 0 aliphatic carbocycles. The van der Waals surface area contributed by atoms with E-state index in [-0.39, 0.29) is 6.03 Å². The quantitative estimate of drug-likeness (QED) is 0.783. The summed E-state index contributed by atoms with van der Waals surface area (Å²) in [6, 6.07) is 8.61. The van der Waals surface area contributed by atoms with Crippen molar-refractivity contribution in [3.05, 3.63) is 29.8 Å². The van der Waals surface area contributed by atoms with Crippen molar-refractivity contribution in [2.45, 2.75) is 45.2 Å². The van der Waals surface area contributed by atoms with Crippen LogP contribution in [0, 0.1) is 6.92 Å². The van der Waals surface area contributed by atoms with E-state index in [1.807, 2.05) is 31.2 Å². The summed E-state index contributed by atoms with van der Waals surface area (Å²) in [5, 5.41) is 9.27. The fourth-order valence-corrected chi connectivity index (χ4v) is 2.43. The van der Waals surface area contributed by atoms with E-state index in [0.717, 1.165) is 12.1 Å². The minimum Gasteiger partial charge on any atom is -0.336 e. The van der Waals surface area contributed by atoms with Crippen LogP contribution < -0.4 is 16.0 Å². The first-order valence-electron chi connectivity index (χ1n) is 7.01. The molecule has 4 nitrogen and oxygen atoms in total. The summed E-state index contributed by atoms with van der Waals surface area (Å²) in [4.78, 5) is 11.8. The number of hydrogen-bond donors (Lipinski definition) is 3. The lowest BCUT2D eigenvalue weighted by Crippen LogP contribution is -2.47. The maximum absolute atomic E-state index is 11.8. The molecule has 4 heteroatoms. The van der Waals surface area contributed by atoms with Crippen molar-refractivity contribution < 1.29 is 4.79 Å². The van der Waals surface area contributed by atoms with Crippen molar-refractivity contribution >= 4 is 11.7 Å². The van der Waals surface area contributed by atoms with Crippen LogP contribution in [0.15, 0.2) is 24.3 Å². The SMILES string of the molecule is Cc1ccc(NC(=O)NCC2CCCC(C)N2)cc1. The van der Waals surface area contributed by atoms with Gasteiger partial charge in [-0.25, -0.2) is 4.79 Å². The highest BCUT2D eigenvalue weighted by Crippen LogP contribution is 2.12. The molecule has 1 saturated heterocycles. The largest absolute Gasteiger partial charge is 0.336 e. The van der Waals surface area contributed by atoms with Crippen molar-refractivity contribution in [1.82, 2.24) is 10.6 Å². The second-order valence-electron chi connectivity index (χ2n) is 5.40. The number of hydrogen-bond acceptors (Lipinski definition) is 2. The summed E-state index contributed by atoms with van der Waals surface area (Å²) in [5.74, 6) is 0. The fraction of sp³-hybridized carbons (Fsp3) is 0.533. The van der Waals surface area contributed by atoms with E-state index in [9.17, 15) is 4.79 Å². The normalized spacial score (nSPS) is 22.8. The number of rotatable bonds is 3. The molecule has 3 N–H and O–H groups in total. The number of carbonyl (C=O) groups is 1. The Hall–Kier alpha value is -1.55. The van der Waals surface area contributed by atoms with E-state index in [1.165, 1.54) is 18.4 Å². The van der Waals surface area contributed by atoms with E-state index in [0.29, 0.717) is 18.6 Å². The maximum atomic E-state index is 11.8. The van der Waals surface area contributed by atoms with E-state index in [2.05, 4.69) is 22.9 Å². The van der Waals surface area contributed by atoms with Crippen molar-refractivity contribution in [1.29, 1.82) is 0 Å². The van der Waals surface area contributed by atoms with Crippen LogP contribution in [0.1, 0.15) is 31.7 Å². The van der Waals surface area contributed by atoms with Crippen molar-refractivity contribution in [2.75, 3.05) is 11.9 Å². The van der Waals surface area contributed by atoms with Crippen LogP contribution in [0.2, 0.25) is 0 Å². The maximum Gasteiger partial charge on any atom is 0.319 e. The number of anilines is 1. The lowest BCUT2D eigenvalue weighted by Gasteiger charge is -2.28. The molecule has 1 fully saturated rings. The van der Waals surface area contributed by atoms with Gasteiger partial charge in [0.15, 0.2) is 0 Å². The van der Waals surface area contributed by atoms with Crippen LogP contribution in [0.25, 0.3) is 0 Å². The van der Waals surface area contributed by atoms with Gasteiger partial charge in [-0.1, -0.05) is 24.1 Å². The first-order chi connectivity index (χ1) is 9.13. The lowest BCUT2D eigenvalue weighted by molar-refractivity contribution is 0.248. The molecule has 0 radical (unpaired) electrons. The minimum atomic E-state index is -0.135. The van der Waals surface area contributed by atoms with Gasteiger partial charge in [0.25, 0.3) is 0 Å². The van der Waals surface area contributed by atoms with Gasteiger partial charge in [0.1, 0.15) is 0 Å². The number of piperidine rings is 1. The Morgan fingerprint density at radius 1 is 1.32 bits per heavy atom. The lowest BCUT2D eigenvalue weighted by atomic mass is 10.00. The van der Waals surface area contributed by atoms with E-state index in [4.69, 9.17) is 0 Å². The zero-order valence-corrected chi connectivity index (χ0v) is 11.7. The topological polar surface area (TPSA) is 53.2 Å². The molecule has 0 saturated carbocycles. The van der Waals surface area contributed by atoms with Gasteiger partial charge in [-0.05, 0) is 38.8 Å². The molecule has 1 aliphatic heterocycles. The number of aryl methyl sites for hydroxylation is 1. The van der Waals surface area contributed by atoms with E-state index >= 15 is 0 Å². The van der Waals surface area contributed by atoms with Gasteiger partial charge in [0.05, 0.1) is 0 Å². The Bertz CT molecular complexity index is 416. The van der Waals surface area contributed by atoms with Crippen LogP contribution in [-0.4, -0.2) is 24.7 Å². The number of benzene rings is 1. The van der Waals surface area contributed by atoms with Gasteiger partial charge in [0.2, 0.25) is 0 Å². The average Bonchev–Trinajstić information content (AvgIpc) is 2.39. The predicted molar refractivity (Wildman–Crippen MR) is 78.4 cm³/mol. The monoisotopic (exact) mass is 261 g/mol. The van der Waals surface area contributed by atoms with Crippen LogP contribution in [-0.2, 0) is 0 Å². The molecule has 2 atom stereocenters. The highest BCUT2D eigenvalue weighted by molar-refractivity contribution is 5.89. The standard InChI is InChI=1S/C15H23N3O/c1-11-6-8-13(9-7-11)18-15(19)16-10-14-5-3-4-12(2)17-14/h6-9,12,14,17H,3-5,10H2,1-2H3,(H2,16,18,19). The molecule has 1 aromatic rings. The molecular formula is C15H23N3O. The molecule has 1 aromatic carbocycles. The number of amides is 2. The van der Waals surface area contributed by atoms with Crippen molar-refractivity contribution in [3.8, 4) is 0 Å². The number of urea groups is 1. The van der Waals surface area contributed by atoms with Gasteiger partial charge >= 0.3 is 6.03 Å². The first kappa shape index (κ1) is 13.9. The summed E-state index contributed by atoms with van der Waals surface area (Å²) in [5.41, 5.74) is 2.01. The van der Waals surface area contributed by atoms with Gasteiger partial charge in [-0.2, -0.15) is 0 Å². The Kier molecular flexibility index (Phi) is 4.80. The first-order valence-corrected chi connectivity index (χ1v) is 7.01. The molecule has 0 aromatic heterocycles. The Morgan fingerprint density at radius 2 is 2.05 bits per heavy atom. The van der Waals surface area contributed by atoms with Crippen LogP contribution in [0.5, 0.6) is 0 Å². The number of nitrogens with one attached hydrogen (secondary N) is 3. The molecular weight excluding hydrogens is 238 g/mol. The third-order valence-corrected chi connectivity index (χ3v) is 3.53. The van der Waals surface area contributed by atoms with Gasteiger partial charge < -0.3 is 16.0 Å². The smallest absolute Gasteiger partial charge is 0.319 e. The minimum absolute atomic E-state index is 0.135. The van der Waals surface area contributed by atoms with Crippen molar-refractivity contribution in [3.63, 3.8) is 0 Å². The Labute approximate surface area is 115 Å². The van der Waals surface area contributed by atoms with Gasteiger partial charge in [0, 0.05) is 24.3 Å². The summed E-state index contributed by atoms with van der Waals surface area (Å²) >= 11 is 0. The molecule has 2 amide bonds. The molecule has 2 rings (SSSR count). The molecule has 19 heavy (non-hydrogen) atoms. The van der Waals surface area contributed by atoms with Crippen LogP contribution >= 0.6 is 0 Å². The molecule has 0 bridgehead atoms. The third-order valence-electron chi connectivity index (χ3n) is 3.53. The molecule has 1 aliphatic rings. The molecule has 104 valence electrons. The zero-order chi connectivity index (χ0) is 13.7. The van der Waals surface area contributed by atoms with Gasteiger partial charge in [-0.15, -0.1) is 0 Å². The summed E-state index contributed by atoms with van der Waals surface area (Å²) in [7, 11) is 0.